The second-order valence-corrected chi connectivity index (χ2v) is 17.3. The Morgan fingerprint density at radius 2 is 0.726 bits per heavy atom. The second-order valence-electron chi connectivity index (χ2n) is 16.3. The summed E-state index contributed by atoms with van der Waals surface area (Å²) in [7, 11) is 0. The van der Waals surface area contributed by atoms with E-state index in [1.807, 2.05) is 29.5 Å². The highest BCUT2D eigenvalue weighted by Crippen LogP contribution is 2.63. The number of hydrogen-bond donors (Lipinski definition) is 0. The SMILES string of the molecule is c1ccc(-c2nc(-c3ccc(-c4ccc5c(c4)-c4ccccc4C54c5ccccc5-c5ccccc54)cc3)nc(-c3ccc(-c4cccc5c4sc4ccccc45)cc3)n2)cc1. The second kappa shape index (κ2) is 13.6. The predicted molar refractivity (Wildman–Crippen MR) is 256 cm³/mol. The van der Waals surface area contributed by atoms with E-state index >= 15 is 0 Å². The molecule has 0 unspecified atom stereocenters. The van der Waals surface area contributed by atoms with Crippen molar-refractivity contribution in [2.24, 2.45) is 0 Å². The maximum Gasteiger partial charge on any atom is 0.164 e. The Bertz CT molecular complexity index is 3520. The Morgan fingerprint density at radius 3 is 1.35 bits per heavy atom. The monoisotopic (exact) mass is 805 g/mol. The normalized spacial score (nSPS) is 13.0. The Morgan fingerprint density at radius 1 is 0.290 bits per heavy atom. The van der Waals surface area contributed by atoms with Crippen LogP contribution in [0.2, 0.25) is 0 Å². The molecule has 2 aliphatic rings. The van der Waals surface area contributed by atoms with Crippen molar-refractivity contribution < 1.29 is 0 Å². The quantitative estimate of drug-likeness (QED) is 0.174. The van der Waals surface area contributed by atoms with Gasteiger partial charge < -0.3 is 0 Å². The minimum Gasteiger partial charge on any atom is -0.208 e. The molecule has 4 heteroatoms. The van der Waals surface area contributed by atoms with Gasteiger partial charge in [0.05, 0.1) is 5.41 Å². The van der Waals surface area contributed by atoms with Gasteiger partial charge in [-0.05, 0) is 78.9 Å². The Balaban J connectivity index is 0.876. The molecule has 0 saturated carbocycles. The summed E-state index contributed by atoms with van der Waals surface area (Å²) in [6.45, 7) is 0. The van der Waals surface area contributed by atoms with Crippen LogP contribution in [0.3, 0.4) is 0 Å². The van der Waals surface area contributed by atoms with Gasteiger partial charge in [0.1, 0.15) is 0 Å². The summed E-state index contributed by atoms with van der Waals surface area (Å²) < 4.78 is 2.61. The van der Waals surface area contributed by atoms with E-state index in [4.69, 9.17) is 15.0 Å². The number of nitrogens with zero attached hydrogens (tertiary/aromatic N) is 3. The molecule has 0 radical (unpaired) electrons. The molecular formula is C58H35N3S. The molecule has 2 aromatic heterocycles. The van der Waals surface area contributed by atoms with E-state index in [9.17, 15) is 0 Å². The summed E-state index contributed by atoms with van der Waals surface area (Å²) in [6, 6.07) is 76.7. The molecule has 0 N–H and O–H groups in total. The van der Waals surface area contributed by atoms with Crippen molar-refractivity contribution in [1.29, 1.82) is 0 Å². The van der Waals surface area contributed by atoms with E-state index < -0.39 is 0 Å². The molecule has 288 valence electrons. The minimum atomic E-state index is -0.345. The Hall–Kier alpha value is -7.79. The molecule has 2 aliphatic carbocycles. The van der Waals surface area contributed by atoms with Crippen LogP contribution < -0.4 is 0 Å². The molecule has 0 fully saturated rings. The standard InChI is InChI=1S/C58H35N3S/c1-2-13-38(14-3-1)55-59-56(61-57(60-55)40-31-27-37(28-32-40)42-19-12-20-47-46-18-7-11-24-53(46)62-54(42)47)39-29-25-36(26-30-39)41-33-34-52-48(35-41)45-17-6-10-23-51(45)58(52)49-21-8-4-15-43(49)44-16-5-9-22-50(44)58/h1-35H. The zero-order valence-corrected chi connectivity index (χ0v) is 34.3. The van der Waals surface area contributed by atoms with Crippen LogP contribution in [0, 0.1) is 0 Å². The lowest BCUT2D eigenvalue weighted by Gasteiger charge is -2.30. The third-order valence-electron chi connectivity index (χ3n) is 13.0. The van der Waals surface area contributed by atoms with Gasteiger partial charge in [0.2, 0.25) is 0 Å². The van der Waals surface area contributed by atoms with Gasteiger partial charge in [0.15, 0.2) is 17.5 Å². The third-order valence-corrected chi connectivity index (χ3v) is 14.2. The summed E-state index contributed by atoms with van der Waals surface area (Å²) in [6.07, 6.45) is 0. The van der Waals surface area contributed by atoms with E-state index in [0.717, 1.165) is 22.3 Å². The number of benzene rings is 9. The fraction of sp³-hybridized carbons (Fsp3) is 0.0172. The topological polar surface area (TPSA) is 38.7 Å². The van der Waals surface area contributed by atoms with Crippen molar-refractivity contribution in [2.75, 3.05) is 0 Å². The molecule has 2 heterocycles. The molecule has 0 atom stereocenters. The largest absolute Gasteiger partial charge is 0.208 e. The number of fused-ring (bicyclic) bond motifs is 13. The first-order chi connectivity index (χ1) is 30.7. The van der Waals surface area contributed by atoms with Crippen LogP contribution in [0.5, 0.6) is 0 Å². The van der Waals surface area contributed by atoms with Crippen molar-refractivity contribution in [1.82, 2.24) is 15.0 Å². The lowest BCUT2D eigenvalue weighted by molar-refractivity contribution is 0.794. The maximum absolute atomic E-state index is 5.11. The van der Waals surface area contributed by atoms with Gasteiger partial charge in [-0.15, -0.1) is 11.3 Å². The van der Waals surface area contributed by atoms with Crippen LogP contribution in [0.4, 0.5) is 0 Å². The van der Waals surface area contributed by atoms with Gasteiger partial charge in [0, 0.05) is 36.9 Å². The third kappa shape index (κ3) is 5.14. The van der Waals surface area contributed by atoms with Crippen LogP contribution in [0.25, 0.3) is 98.8 Å². The number of thiophene rings is 1. The van der Waals surface area contributed by atoms with Crippen LogP contribution in [-0.2, 0) is 5.41 Å². The molecule has 0 saturated heterocycles. The summed E-state index contributed by atoms with van der Waals surface area (Å²) in [5, 5.41) is 2.60. The van der Waals surface area contributed by atoms with E-state index in [-0.39, 0.29) is 5.41 Å². The first-order valence-corrected chi connectivity index (χ1v) is 21.9. The first kappa shape index (κ1) is 35.0. The van der Waals surface area contributed by atoms with Crippen LogP contribution >= 0.6 is 11.3 Å². The zero-order valence-electron chi connectivity index (χ0n) is 33.5. The highest BCUT2D eigenvalue weighted by atomic mass is 32.1. The predicted octanol–water partition coefficient (Wildman–Crippen LogP) is 14.9. The summed E-state index contributed by atoms with van der Waals surface area (Å²) in [4.78, 5) is 15.2. The molecule has 1 spiro atoms. The van der Waals surface area contributed by atoms with Gasteiger partial charge in [-0.2, -0.15) is 0 Å². The number of aromatic nitrogens is 3. The van der Waals surface area contributed by atoms with Crippen LogP contribution in [0.15, 0.2) is 212 Å². The van der Waals surface area contributed by atoms with Gasteiger partial charge in [-0.25, -0.2) is 15.0 Å². The first-order valence-electron chi connectivity index (χ1n) is 21.1. The zero-order chi connectivity index (χ0) is 40.8. The maximum atomic E-state index is 5.11. The molecule has 0 amide bonds. The van der Waals surface area contributed by atoms with Crippen molar-refractivity contribution in [2.45, 2.75) is 5.41 Å². The summed E-state index contributed by atoms with van der Waals surface area (Å²) in [5.74, 6) is 1.93. The van der Waals surface area contributed by atoms with E-state index in [1.54, 1.807) is 0 Å². The van der Waals surface area contributed by atoms with Crippen molar-refractivity contribution in [3.05, 3.63) is 235 Å². The molecule has 0 aliphatic heterocycles. The van der Waals surface area contributed by atoms with E-state index in [0.29, 0.717) is 17.5 Å². The lowest BCUT2D eigenvalue weighted by atomic mass is 9.70. The fourth-order valence-electron chi connectivity index (χ4n) is 10.2. The van der Waals surface area contributed by atoms with E-state index in [1.165, 1.54) is 81.4 Å². The average molecular weight is 806 g/mol. The Labute approximate surface area is 363 Å². The van der Waals surface area contributed by atoms with Crippen molar-refractivity contribution >= 4 is 31.5 Å². The van der Waals surface area contributed by atoms with Crippen LogP contribution in [-0.4, -0.2) is 15.0 Å². The molecule has 62 heavy (non-hydrogen) atoms. The molecule has 9 aromatic carbocycles. The highest BCUT2D eigenvalue weighted by Gasteiger charge is 2.51. The number of hydrogen-bond acceptors (Lipinski definition) is 4. The van der Waals surface area contributed by atoms with Gasteiger partial charge in [-0.1, -0.05) is 200 Å². The molecular weight excluding hydrogens is 771 g/mol. The lowest BCUT2D eigenvalue weighted by Crippen LogP contribution is -2.25. The highest BCUT2D eigenvalue weighted by molar-refractivity contribution is 7.26. The Kier molecular flexibility index (Phi) is 7.69. The molecule has 11 aromatic rings. The molecule has 13 rings (SSSR count). The van der Waals surface area contributed by atoms with Crippen molar-refractivity contribution in [3.8, 4) is 78.7 Å². The van der Waals surface area contributed by atoms with Gasteiger partial charge in [-0.3, -0.25) is 0 Å². The minimum absolute atomic E-state index is 0.345. The average Bonchev–Trinajstić information content (AvgIpc) is 3.98. The fourth-order valence-corrected chi connectivity index (χ4v) is 11.5. The molecule has 0 bridgehead atoms. The van der Waals surface area contributed by atoms with Crippen molar-refractivity contribution in [3.63, 3.8) is 0 Å². The van der Waals surface area contributed by atoms with Gasteiger partial charge in [0.25, 0.3) is 0 Å². The smallest absolute Gasteiger partial charge is 0.164 e. The summed E-state index contributed by atoms with van der Waals surface area (Å²) in [5.41, 5.74) is 17.8. The van der Waals surface area contributed by atoms with E-state index in [2.05, 4.69) is 194 Å². The van der Waals surface area contributed by atoms with Crippen LogP contribution in [0.1, 0.15) is 22.3 Å². The van der Waals surface area contributed by atoms with Gasteiger partial charge >= 0.3 is 0 Å². The molecule has 3 nitrogen and oxygen atoms in total. The number of rotatable bonds is 5. The summed E-state index contributed by atoms with van der Waals surface area (Å²) >= 11 is 1.85.